The van der Waals surface area contributed by atoms with Crippen LogP contribution in [0, 0.1) is 31.6 Å². The predicted octanol–water partition coefficient (Wildman–Crippen LogP) is 6.36. The van der Waals surface area contributed by atoms with Gasteiger partial charge >= 0.3 is 0 Å². The quantitative estimate of drug-likeness (QED) is 0.102. The number of para-hydroxylation sites is 1. The van der Waals surface area contributed by atoms with E-state index in [4.69, 9.17) is 9.26 Å². The van der Waals surface area contributed by atoms with Crippen molar-refractivity contribution in [3.8, 4) is 33.3 Å². The summed E-state index contributed by atoms with van der Waals surface area (Å²) >= 11 is 1.59. The van der Waals surface area contributed by atoms with Gasteiger partial charge in [0.2, 0.25) is 11.8 Å². The summed E-state index contributed by atoms with van der Waals surface area (Å²) in [4.78, 5) is 40.8. The Balaban J connectivity index is 0.779. The van der Waals surface area contributed by atoms with Crippen molar-refractivity contribution in [1.82, 2.24) is 40.4 Å². The molecule has 7 atom stereocenters. The number of phenolic OH excluding ortho intramolecular Hbond substituents is 1. The van der Waals surface area contributed by atoms with Crippen LogP contribution in [-0.2, 0) is 9.59 Å². The lowest BCUT2D eigenvalue weighted by Gasteiger charge is -2.29. The van der Waals surface area contributed by atoms with Gasteiger partial charge in [0.1, 0.15) is 24.3 Å². The summed E-state index contributed by atoms with van der Waals surface area (Å²) in [5.41, 5.74) is 9.29. The third-order valence-electron chi connectivity index (χ3n) is 12.7. The van der Waals surface area contributed by atoms with Gasteiger partial charge in [0.25, 0.3) is 5.88 Å². The predicted molar refractivity (Wildman–Crippen MR) is 226 cm³/mol. The number of nitrogens with zero attached hydrogens (tertiary/aromatic N) is 6. The maximum atomic E-state index is 14.2. The number of rotatable bonds is 13. The standard InChI is InChI=1S/C45H50N8O6S/c1-23(2)39(45(57)53-19-29(54)16-35(53)44(56)47-25(4)27-10-12-28(13-11-27)42-26(5)46-22-60-42)37-18-38(51-59-37)58-15-14-52-20-32-33(21-52)40(32)41-24(3)31-17-34(49-50-43(31)48-41)30-8-6-7-9-36(30)55/h6-13,17-18,22-23,25,29,32-33,35,39-40,54-55H,14-16,19-21H2,1-5H3,(H,47,56)(H,48,50)/t25-,29+,32-,33+,35-,39+,40?/m0/s1. The lowest BCUT2D eigenvalue weighted by atomic mass is 9.91. The van der Waals surface area contributed by atoms with Gasteiger partial charge in [-0.2, -0.15) is 0 Å². The van der Waals surface area contributed by atoms with Gasteiger partial charge in [0, 0.05) is 61.2 Å². The highest BCUT2D eigenvalue weighted by molar-refractivity contribution is 7.13. The number of likely N-dealkylation sites (tertiary alicyclic amines) is 2. The fourth-order valence-corrected chi connectivity index (χ4v) is 10.2. The molecule has 0 radical (unpaired) electrons. The minimum Gasteiger partial charge on any atom is -0.507 e. The summed E-state index contributed by atoms with van der Waals surface area (Å²) in [6, 6.07) is 17.8. The van der Waals surface area contributed by atoms with E-state index in [0.29, 0.717) is 47.3 Å². The van der Waals surface area contributed by atoms with Crippen LogP contribution in [0.2, 0.25) is 0 Å². The number of phenols is 1. The average molecular weight is 831 g/mol. The molecule has 2 aliphatic heterocycles. The molecule has 4 aromatic heterocycles. The Bertz CT molecular complexity index is 2520. The van der Waals surface area contributed by atoms with E-state index in [1.54, 1.807) is 29.5 Å². The largest absolute Gasteiger partial charge is 0.507 e. The molecule has 3 aliphatic rings. The van der Waals surface area contributed by atoms with Gasteiger partial charge < -0.3 is 34.7 Å². The van der Waals surface area contributed by atoms with E-state index >= 15 is 0 Å². The molecule has 2 aromatic carbocycles. The van der Waals surface area contributed by atoms with Crippen molar-refractivity contribution in [2.75, 3.05) is 32.8 Å². The number of hydrogen-bond acceptors (Lipinski definition) is 12. The van der Waals surface area contributed by atoms with Gasteiger partial charge in [-0.15, -0.1) is 21.5 Å². The Kier molecular flexibility index (Phi) is 10.7. The molecule has 0 bridgehead atoms. The number of benzene rings is 2. The molecule has 2 saturated heterocycles. The monoisotopic (exact) mass is 830 g/mol. The van der Waals surface area contributed by atoms with E-state index in [9.17, 15) is 19.8 Å². The number of aromatic nitrogens is 5. The van der Waals surface area contributed by atoms with Crippen molar-refractivity contribution in [3.63, 3.8) is 0 Å². The number of H-pyrrole nitrogens is 1. The highest BCUT2D eigenvalue weighted by Crippen LogP contribution is 2.59. The number of aliphatic hydroxyl groups is 1. The van der Waals surface area contributed by atoms with Crippen molar-refractivity contribution in [2.45, 2.75) is 71.1 Å². The number of aromatic amines is 1. The van der Waals surface area contributed by atoms with E-state index < -0.39 is 18.1 Å². The summed E-state index contributed by atoms with van der Waals surface area (Å²) in [5, 5.41) is 38.1. The third kappa shape index (κ3) is 7.54. The van der Waals surface area contributed by atoms with E-state index in [1.807, 2.05) is 75.7 Å². The number of carbonyl (C=O) groups excluding carboxylic acids is 2. The van der Waals surface area contributed by atoms with E-state index in [2.05, 4.69) is 42.5 Å². The van der Waals surface area contributed by atoms with Crippen molar-refractivity contribution < 1.29 is 29.1 Å². The Morgan fingerprint density at radius 1 is 1.03 bits per heavy atom. The number of aryl methyl sites for hydroxylation is 2. The number of amides is 2. The van der Waals surface area contributed by atoms with Crippen LogP contribution in [0.4, 0.5) is 0 Å². The Labute approximate surface area is 352 Å². The van der Waals surface area contributed by atoms with Gasteiger partial charge in [0.15, 0.2) is 11.4 Å². The molecular weight excluding hydrogens is 781 g/mol. The van der Waals surface area contributed by atoms with Gasteiger partial charge in [-0.1, -0.05) is 50.2 Å². The Morgan fingerprint density at radius 3 is 2.52 bits per heavy atom. The first kappa shape index (κ1) is 39.8. The van der Waals surface area contributed by atoms with Gasteiger partial charge in [-0.3, -0.25) is 14.5 Å². The van der Waals surface area contributed by atoms with Gasteiger partial charge in [0.05, 0.1) is 33.9 Å². The van der Waals surface area contributed by atoms with Gasteiger partial charge in [-0.05, 0) is 78.6 Å². The maximum absolute atomic E-state index is 14.2. The van der Waals surface area contributed by atoms with Crippen LogP contribution in [0.3, 0.4) is 0 Å². The number of nitrogens with one attached hydrogen (secondary N) is 2. The van der Waals surface area contributed by atoms with Crippen molar-refractivity contribution in [1.29, 1.82) is 0 Å². The molecule has 1 unspecified atom stereocenters. The molecule has 2 amide bonds. The number of aromatic hydroxyl groups is 1. The number of aliphatic hydroxyl groups excluding tert-OH is 1. The molecule has 14 nitrogen and oxygen atoms in total. The number of piperidine rings is 1. The molecule has 6 aromatic rings. The number of fused-ring (bicyclic) bond motifs is 2. The second-order valence-electron chi connectivity index (χ2n) is 16.9. The van der Waals surface area contributed by atoms with E-state index in [0.717, 1.165) is 52.4 Å². The van der Waals surface area contributed by atoms with Crippen LogP contribution >= 0.6 is 11.3 Å². The first-order chi connectivity index (χ1) is 28.9. The van der Waals surface area contributed by atoms with Crippen molar-refractivity contribution in [2.24, 2.45) is 17.8 Å². The lowest BCUT2D eigenvalue weighted by molar-refractivity contribution is -0.141. The van der Waals surface area contributed by atoms with E-state index in [1.165, 1.54) is 16.2 Å². The number of ether oxygens (including phenoxy) is 1. The molecule has 0 spiro atoms. The average Bonchev–Trinajstić information content (AvgIpc) is 3.90. The number of hydrogen-bond donors (Lipinski definition) is 4. The van der Waals surface area contributed by atoms with Crippen molar-refractivity contribution >= 4 is 34.2 Å². The van der Waals surface area contributed by atoms with Crippen LogP contribution in [0.25, 0.3) is 32.7 Å². The summed E-state index contributed by atoms with van der Waals surface area (Å²) < 4.78 is 11.8. The molecule has 4 N–H and O–H groups in total. The minimum absolute atomic E-state index is 0.0577. The molecular formula is C45H50N8O6S. The summed E-state index contributed by atoms with van der Waals surface area (Å²) in [6.07, 6.45) is -0.666. The first-order valence-electron chi connectivity index (χ1n) is 20.7. The second kappa shape index (κ2) is 16.1. The molecule has 9 rings (SSSR count). The molecule has 15 heteroatoms. The lowest BCUT2D eigenvalue weighted by Crippen LogP contribution is -2.48. The fraction of sp³-hybridized carbons (Fsp3) is 0.422. The highest BCUT2D eigenvalue weighted by Gasteiger charge is 2.57. The van der Waals surface area contributed by atoms with E-state index in [-0.39, 0.29) is 42.5 Å². The maximum Gasteiger partial charge on any atom is 0.254 e. The van der Waals surface area contributed by atoms with Crippen LogP contribution in [-0.4, -0.2) is 102 Å². The molecule has 3 fully saturated rings. The van der Waals surface area contributed by atoms with Crippen molar-refractivity contribution in [3.05, 3.63) is 94.4 Å². The molecule has 6 heterocycles. The smallest absolute Gasteiger partial charge is 0.254 e. The van der Waals surface area contributed by atoms with Crippen LogP contribution in [0.5, 0.6) is 11.6 Å². The second-order valence-corrected chi connectivity index (χ2v) is 17.8. The molecule has 312 valence electrons. The molecule has 1 aliphatic carbocycles. The molecule has 60 heavy (non-hydrogen) atoms. The zero-order valence-corrected chi connectivity index (χ0v) is 35.1. The van der Waals surface area contributed by atoms with Crippen LogP contribution in [0.15, 0.2) is 70.7 Å². The fourth-order valence-electron chi connectivity index (χ4n) is 9.40. The first-order valence-corrected chi connectivity index (χ1v) is 21.6. The van der Waals surface area contributed by atoms with Crippen LogP contribution in [0.1, 0.15) is 73.3 Å². The number of β-amino-alcohol motifs (C(OH)–C–C–N with tert-alkyl or cyclic N) is 1. The zero-order valence-electron chi connectivity index (χ0n) is 34.3. The Hall–Kier alpha value is -5.64. The van der Waals surface area contributed by atoms with Gasteiger partial charge in [-0.25, -0.2) is 4.98 Å². The highest BCUT2D eigenvalue weighted by atomic mass is 32.1. The van der Waals surface area contributed by atoms with Crippen LogP contribution < -0.4 is 10.1 Å². The minimum atomic E-state index is -0.822. The summed E-state index contributed by atoms with van der Waals surface area (Å²) in [5.74, 6) is 0.902. The zero-order chi connectivity index (χ0) is 41.8. The number of carbonyl (C=O) groups is 2. The summed E-state index contributed by atoms with van der Waals surface area (Å²) in [7, 11) is 0. The number of thiazole rings is 1. The summed E-state index contributed by atoms with van der Waals surface area (Å²) in [6.45, 7) is 13.0. The SMILES string of the molecule is Cc1ncsc1-c1ccc([C@H](C)NC(=O)[C@@H]2C[C@@H](O)CN2C(=O)[C@@H](c2cc(OCCN3C[C@@H]4C(c5[nH]c6nnc(-c7ccccc7O)cc6c5C)[C@@H]4C3)no2)C(C)C)cc1. The topological polar surface area (TPSA) is 183 Å². The normalized spacial score (nSPS) is 22.3. The molecule has 1 saturated carbocycles. The Morgan fingerprint density at radius 2 is 1.80 bits per heavy atom. The third-order valence-corrected chi connectivity index (χ3v) is 13.7.